The highest BCUT2D eigenvalue weighted by molar-refractivity contribution is 6.23. The normalized spacial score (nSPS) is 14.0. The van der Waals surface area contributed by atoms with Crippen LogP contribution in [-0.4, -0.2) is 0 Å². The Morgan fingerprint density at radius 3 is 1.55 bits per heavy atom. The van der Waals surface area contributed by atoms with Gasteiger partial charge in [-0.15, -0.1) is 0 Å². The van der Waals surface area contributed by atoms with Crippen LogP contribution in [0.3, 0.4) is 0 Å². The van der Waals surface area contributed by atoms with E-state index in [0.717, 1.165) is 0 Å². The quantitative estimate of drug-likeness (QED) is 0.152. The maximum atomic E-state index is 2.54. The zero-order chi connectivity index (χ0) is 42.6. The first-order valence-corrected chi connectivity index (χ1v) is 22.6. The van der Waals surface area contributed by atoms with Crippen molar-refractivity contribution in [1.29, 1.82) is 0 Å². The van der Waals surface area contributed by atoms with Crippen molar-refractivity contribution < 1.29 is 0 Å². The molecule has 0 aromatic heterocycles. The van der Waals surface area contributed by atoms with E-state index in [9.17, 15) is 0 Å². The summed E-state index contributed by atoms with van der Waals surface area (Å²) in [6.45, 7) is 4.77. The van der Waals surface area contributed by atoms with Crippen LogP contribution in [0, 0.1) is 0 Å². The van der Waals surface area contributed by atoms with Gasteiger partial charge in [0.05, 0.1) is 5.41 Å². The number of hydrogen-bond acceptors (Lipinski definition) is 0. The lowest BCUT2D eigenvalue weighted by atomic mass is 9.67. The average Bonchev–Trinajstić information content (AvgIpc) is 3.78. The molecule has 0 heteroatoms. The molecule has 11 aromatic carbocycles. The minimum Gasteiger partial charge on any atom is -0.0622 e. The summed E-state index contributed by atoms with van der Waals surface area (Å²) < 4.78 is 0. The molecule has 0 saturated carbocycles. The van der Waals surface area contributed by atoms with E-state index in [0.29, 0.717) is 0 Å². The molecule has 0 heterocycles. The van der Waals surface area contributed by atoms with Crippen LogP contribution < -0.4 is 0 Å². The van der Waals surface area contributed by atoms with E-state index in [1.807, 2.05) is 0 Å². The van der Waals surface area contributed by atoms with Gasteiger partial charge in [-0.25, -0.2) is 0 Å². The Morgan fingerprint density at radius 1 is 0.266 bits per heavy atom. The van der Waals surface area contributed by atoms with Gasteiger partial charge in [0.2, 0.25) is 0 Å². The van der Waals surface area contributed by atoms with Crippen molar-refractivity contribution in [1.82, 2.24) is 0 Å². The largest absolute Gasteiger partial charge is 0.0713 e. The average molecular weight is 813 g/mol. The van der Waals surface area contributed by atoms with E-state index in [1.54, 1.807) is 0 Å². The Morgan fingerprint density at radius 2 is 0.781 bits per heavy atom. The number of hydrogen-bond donors (Lipinski definition) is 0. The van der Waals surface area contributed by atoms with E-state index in [4.69, 9.17) is 0 Å². The molecule has 0 unspecified atom stereocenters. The Kier molecular flexibility index (Phi) is 7.97. The molecule has 300 valence electrons. The van der Waals surface area contributed by atoms with Gasteiger partial charge in [-0.1, -0.05) is 232 Å². The molecule has 2 aliphatic rings. The zero-order valence-electron chi connectivity index (χ0n) is 35.9. The van der Waals surface area contributed by atoms with Gasteiger partial charge in [0.1, 0.15) is 0 Å². The highest BCUT2D eigenvalue weighted by Gasteiger charge is 2.46. The molecular formula is C64H44. The van der Waals surface area contributed by atoms with Crippen LogP contribution >= 0.6 is 0 Å². The predicted molar refractivity (Wildman–Crippen MR) is 270 cm³/mol. The Bertz CT molecular complexity index is 3640. The first kappa shape index (κ1) is 36.8. The number of fused-ring (bicyclic) bond motifs is 9. The van der Waals surface area contributed by atoms with Gasteiger partial charge in [-0.3, -0.25) is 0 Å². The van der Waals surface area contributed by atoms with E-state index >= 15 is 0 Å². The van der Waals surface area contributed by atoms with E-state index in [2.05, 4.69) is 244 Å². The minimum absolute atomic E-state index is 0.117. The molecular weight excluding hydrogens is 769 g/mol. The second-order valence-electron chi connectivity index (χ2n) is 18.3. The third-order valence-corrected chi connectivity index (χ3v) is 14.7. The molecule has 0 bridgehead atoms. The van der Waals surface area contributed by atoms with Crippen molar-refractivity contribution in [3.05, 3.63) is 264 Å². The standard InChI is InChI=1S/C64H44/c1-63(2)56-32-15-14-29-53(56)62-54(31-18-34-58(62)63)61-51-28-12-11-27-50(51)60(52-38-35-42(39-55(52)61)47-30-17-20-41-19-9-10-25-46(41)47)43-36-37-49-48-26-13-16-33-57(48)64(59(49)40-43,44-21-5-3-6-22-44)45-23-7-4-8-24-45/h3-40H,1-2H3. The molecule has 0 nitrogen and oxygen atoms in total. The van der Waals surface area contributed by atoms with Gasteiger partial charge in [0, 0.05) is 5.41 Å². The van der Waals surface area contributed by atoms with Crippen LogP contribution in [0.4, 0.5) is 0 Å². The molecule has 0 saturated heterocycles. The molecule has 0 atom stereocenters. The molecule has 2 aliphatic carbocycles. The molecule has 0 spiro atoms. The highest BCUT2D eigenvalue weighted by Crippen LogP contribution is 2.58. The zero-order valence-corrected chi connectivity index (χ0v) is 35.9. The van der Waals surface area contributed by atoms with Crippen molar-refractivity contribution in [2.45, 2.75) is 24.7 Å². The third kappa shape index (κ3) is 5.06. The summed E-state index contributed by atoms with van der Waals surface area (Å²) in [5.74, 6) is 0. The lowest BCUT2D eigenvalue weighted by Crippen LogP contribution is -2.28. The molecule has 0 radical (unpaired) electrons. The summed E-state index contributed by atoms with van der Waals surface area (Å²) in [5, 5.41) is 7.54. The minimum atomic E-state index is -0.498. The van der Waals surface area contributed by atoms with Gasteiger partial charge in [0.25, 0.3) is 0 Å². The van der Waals surface area contributed by atoms with Gasteiger partial charge < -0.3 is 0 Å². The van der Waals surface area contributed by atoms with Gasteiger partial charge in [-0.05, 0) is 133 Å². The van der Waals surface area contributed by atoms with Crippen LogP contribution in [0.2, 0.25) is 0 Å². The predicted octanol–water partition coefficient (Wildman–Crippen LogP) is 16.8. The molecule has 0 fully saturated rings. The van der Waals surface area contributed by atoms with Crippen LogP contribution in [0.25, 0.3) is 88.0 Å². The van der Waals surface area contributed by atoms with Crippen molar-refractivity contribution >= 4 is 32.3 Å². The van der Waals surface area contributed by atoms with E-state index < -0.39 is 5.41 Å². The molecule has 11 aromatic rings. The van der Waals surface area contributed by atoms with Gasteiger partial charge in [-0.2, -0.15) is 0 Å². The van der Waals surface area contributed by atoms with Crippen LogP contribution in [0.1, 0.15) is 47.2 Å². The summed E-state index contributed by atoms with van der Waals surface area (Å²) in [5.41, 5.74) is 20.1. The van der Waals surface area contributed by atoms with Crippen LogP contribution in [0.15, 0.2) is 231 Å². The Balaban J connectivity index is 1.16. The van der Waals surface area contributed by atoms with Gasteiger partial charge >= 0.3 is 0 Å². The van der Waals surface area contributed by atoms with Gasteiger partial charge in [0.15, 0.2) is 0 Å². The fourth-order valence-electron chi connectivity index (χ4n) is 12.0. The summed E-state index contributed by atoms with van der Waals surface area (Å²) in [4.78, 5) is 0. The maximum Gasteiger partial charge on any atom is 0.0713 e. The van der Waals surface area contributed by atoms with Crippen LogP contribution in [-0.2, 0) is 10.8 Å². The fourth-order valence-corrected chi connectivity index (χ4v) is 12.0. The first-order chi connectivity index (χ1) is 31.5. The topological polar surface area (TPSA) is 0 Å². The van der Waals surface area contributed by atoms with Crippen LogP contribution in [0.5, 0.6) is 0 Å². The summed E-state index contributed by atoms with van der Waals surface area (Å²) in [6.07, 6.45) is 0. The van der Waals surface area contributed by atoms with E-state index in [1.165, 1.54) is 121 Å². The highest BCUT2D eigenvalue weighted by atomic mass is 14.5. The molecule has 13 rings (SSSR count). The molecule has 64 heavy (non-hydrogen) atoms. The molecule has 0 N–H and O–H groups in total. The van der Waals surface area contributed by atoms with Crippen molar-refractivity contribution in [2.24, 2.45) is 0 Å². The van der Waals surface area contributed by atoms with Crippen molar-refractivity contribution in [3.8, 4) is 55.6 Å². The lowest BCUT2D eigenvalue weighted by Gasteiger charge is -2.34. The maximum absolute atomic E-state index is 2.54. The fraction of sp³-hybridized carbons (Fsp3) is 0.0625. The number of rotatable bonds is 5. The summed E-state index contributed by atoms with van der Waals surface area (Å²) in [6, 6.07) is 86.7. The summed E-state index contributed by atoms with van der Waals surface area (Å²) >= 11 is 0. The Labute approximate surface area is 374 Å². The second kappa shape index (κ2) is 13.9. The van der Waals surface area contributed by atoms with Crippen molar-refractivity contribution in [3.63, 3.8) is 0 Å². The van der Waals surface area contributed by atoms with Crippen molar-refractivity contribution in [2.75, 3.05) is 0 Å². The smallest absolute Gasteiger partial charge is 0.0622 e. The number of benzene rings is 11. The SMILES string of the molecule is CC1(C)c2ccccc2-c2c(-c3c4ccccc4c(-c4ccc5c(c4)C(c4ccccc4)(c4ccccc4)c4ccccc4-5)c4ccc(-c5cccc6ccccc56)cc34)cccc21. The van der Waals surface area contributed by atoms with E-state index in [-0.39, 0.29) is 5.41 Å². The first-order valence-electron chi connectivity index (χ1n) is 22.6. The second-order valence-corrected chi connectivity index (χ2v) is 18.3. The lowest BCUT2D eigenvalue weighted by molar-refractivity contribution is 0.660. The Hall–Kier alpha value is -7.80. The molecule has 0 amide bonds. The summed E-state index contributed by atoms with van der Waals surface area (Å²) in [7, 11) is 0. The monoisotopic (exact) mass is 812 g/mol. The third-order valence-electron chi connectivity index (χ3n) is 14.7. The molecule has 0 aliphatic heterocycles.